The number of hydrogen-bond acceptors (Lipinski definition) is 1. The van der Waals surface area contributed by atoms with E-state index in [9.17, 15) is 0 Å². The molecule has 0 amide bonds. The zero-order valence-electron chi connectivity index (χ0n) is 6.71. The van der Waals surface area contributed by atoms with Crippen molar-refractivity contribution in [3.63, 3.8) is 0 Å². The van der Waals surface area contributed by atoms with Gasteiger partial charge in [0.05, 0.1) is 0 Å². The molecule has 1 aromatic heterocycles. The van der Waals surface area contributed by atoms with Crippen molar-refractivity contribution >= 4 is 35.7 Å². The molecule has 58 valence electrons. The number of fused-ring (bicyclic) bond motifs is 1. The number of nitrogens with zero attached hydrogens (tertiary/aromatic N) is 1. The first kappa shape index (κ1) is 7.62. The summed E-state index contributed by atoms with van der Waals surface area (Å²) in [4.78, 5) is 4.03. The van der Waals surface area contributed by atoms with Gasteiger partial charge in [-0.05, 0) is 17.5 Å². The average Bonchev–Trinajstić information content (AvgIpc) is 2.12. The van der Waals surface area contributed by atoms with Crippen molar-refractivity contribution in [2.24, 2.45) is 0 Å². The molecule has 0 saturated carbocycles. The minimum atomic E-state index is 0.767. The van der Waals surface area contributed by atoms with E-state index in [0.717, 1.165) is 10.4 Å². The maximum absolute atomic E-state index is 5.99. The van der Waals surface area contributed by atoms with Gasteiger partial charge in [0.2, 0.25) is 0 Å². The van der Waals surface area contributed by atoms with E-state index in [0.29, 0.717) is 0 Å². The van der Waals surface area contributed by atoms with Crippen LogP contribution in [0.2, 0.25) is 5.02 Å². The van der Waals surface area contributed by atoms with Gasteiger partial charge in [-0.3, -0.25) is 4.98 Å². The Morgan fingerprint density at radius 2 is 2.00 bits per heavy atom. The molecule has 0 fully saturated rings. The fourth-order valence-electron chi connectivity index (χ4n) is 1.31. The molecule has 0 aliphatic carbocycles. The first-order valence-electron chi connectivity index (χ1n) is 3.78. The summed E-state index contributed by atoms with van der Waals surface area (Å²) >= 11 is 5.99. The van der Waals surface area contributed by atoms with E-state index in [2.05, 4.69) is 12.8 Å². The van der Waals surface area contributed by atoms with Crippen LogP contribution in [0.15, 0.2) is 30.6 Å². The fourth-order valence-corrected chi connectivity index (χ4v) is 1.52. The summed E-state index contributed by atoms with van der Waals surface area (Å²) in [5.41, 5.74) is 1.23. The second-order valence-corrected chi connectivity index (χ2v) is 3.19. The minimum Gasteiger partial charge on any atom is -0.264 e. The highest BCUT2D eigenvalue weighted by atomic mass is 35.5. The normalized spacial score (nSPS) is 10.4. The molecule has 0 aliphatic heterocycles. The van der Waals surface area contributed by atoms with Crippen LogP contribution in [-0.2, 0) is 0 Å². The van der Waals surface area contributed by atoms with Gasteiger partial charge in [-0.2, -0.15) is 0 Å². The van der Waals surface area contributed by atoms with Crippen LogP contribution in [0, 0.1) is 0 Å². The summed E-state index contributed by atoms with van der Waals surface area (Å²) in [6.45, 7) is 0. The van der Waals surface area contributed by atoms with Crippen molar-refractivity contribution in [3.05, 3.63) is 35.6 Å². The van der Waals surface area contributed by atoms with Crippen molar-refractivity contribution in [1.29, 1.82) is 0 Å². The number of halogens is 1. The second-order valence-electron chi connectivity index (χ2n) is 2.79. The molecule has 12 heavy (non-hydrogen) atoms. The van der Waals surface area contributed by atoms with Gasteiger partial charge in [-0.15, -0.1) is 0 Å². The van der Waals surface area contributed by atoms with E-state index in [-0.39, 0.29) is 0 Å². The molecule has 2 aromatic rings. The lowest BCUT2D eigenvalue weighted by Gasteiger charge is -2.01. The largest absolute Gasteiger partial charge is 0.264 e. The quantitative estimate of drug-likeness (QED) is 0.547. The fraction of sp³-hybridized carbons (Fsp3) is 0. The van der Waals surface area contributed by atoms with Gasteiger partial charge in [0, 0.05) is 22.8 Å². The number of aromatic nitrogens is 1. The topological polar surface area (TPSA) is 12.9 Å². The molecule has 0 radical (unpaired) electrons. The molecule has 0 N–H and O–H groups in total. The third kappa shape index (κ3) is 1.08. The summed E-state index contributed by atoms with van der Waals surface area (Å²) < 4.78 is 0. The standard InChI is InChI=1S/C9H7BClN/c10-8-1-2-9(11)7-5-12-4-3-6(7)8/h1-5H,10H2. The third-order valence-corrected chi connectivity index (χ3v) is 2.31. The van der Waals surface area contributed by atoms with Crippen LogP contribution in [0.5, 0.6) is 0 Å². The Hall–Kier alpha value is -1.02. The van der Waals surface area contributed by atoms with Crippen molar-refractivity contribution in [1.82, 2.24) is 4.98 Å². The summed E-state index contributed by atoms with van der Waals surface area (Å²) in [5.74, 6) is 0. The Morgan fingerprint density at radius 3 is 2.75 bits per heavy atom. The average molecular weight is 175 g/mol. The number of hydrogen-bond donors (Lipinski definition) is 0. The predicted molar refractivity (Wildman–Crippen MR) is 54.9 cm³/mol. The first-order valence-corrected chi connectivity index (χ1v) is 4.15. The Labute approximate surface area is 76.8 Å². The highest BCUT2D eigenvalue weighted by Crippen LogP contribution is 2.19. The number of benzene rings is 1. The number of rotatable bonds is 0. The monoisotopic (exact) mass is 175 g/mol. The van der Waals surface area contributed by atoms with Crippen LogP contribution in [-0.4, -0.2) is 12.8 Å². The van der Waals surface area contributed by atoms with Crippen molar-refractivity contribution in [3.8, 4) is 0 Å². The Kier molecular flexibility index (Phi) is 1.78. The maximum Gasteiger partial charge on any atom is 0.140 e. The smallest absolute Gasteiger partial charge is 0.140 e. The highest BCUT2D eigenvalue weighted by molar-refractivity contribution is 6.42. The van der Waals surface area contributed by atoms with E-state index >= 15 is 0 Å². The Morgan fingerprint density at radius 1 is 1.17 bits per heavy atom. The molecule has 2 rings (SSSR count). The van der Waals surface area contributed by atoms with E-state index in [1.165, 1.54) is 10.8 Å². The maximum atomic E-state index is 5.99. The Balaban J connectivity index is 2.95. The van der Waals surface area contributed by atoms with E-state index < -0.39 is 0 Å². The molecule has 0 bridgehead atoms. The van der Waals surface area contributed by atoms with Gasteiger partial charge < -0.3 is 0 Å². The lowest BCUT2D eigenvalue weighted by molar-refractivity contribution is 1.37. The van der Waals surface area contributed by atoms with Crippen LogP contribution in [0.4, 0.5) is 0 Å². The predicted octanol–water partition coefficient (Wildman–Crippen LogP) is 1.15. The summed E-state index contributed by atoms with van der Waals surface area (Å²) in [5, 5.41) is 2.97. The zero-order valence-corrected chi connectivity index (χ0v) is 7.47. The second kappa shape index (κ2) is 2.79. The molecule has 1 nitrogen and oxygen atoms in total. The Bertz CT molecular complexity index is 387. The summed E-state index contributed by atoms with van der Waals surface area (Å²) in [7, 11) is 2.07. The van der Waals surface area contributed by atoms with Crippen LogP contribution >= 0.6 is 11.6 Å². The SMILES string of the molecule is Bc1ccc(Cl)c2cnccc12. The van der Waals surface area contributed by atoms with E-state index in [1.807, 2.05) is 18.2 Å². The van der Waals surface area contributed by atoms with Crippen LogP contribution in [0.3, 0.4) is 0 Å². The van der Waals surface area contributed by atoms with Gasteiger partial charge in [0.1, 0.15) is 7.85 Å². The molecule has 0 spiro atoms. The van der Waals surface area contributed by atoms with E-state index in [1.54, 1.807) is 12.4 Å². The third-order valence-electron chi connectivity index (χ3n) is 1.98. The minimum absolute atomic E-state index is 0.767. The van der Waals surface area contributed by atoms with Crippen molar-refractivity contribution in [2.75, 3.05) is 0 Å². The molecule has 0 aliphatic rings. The first-order chi connectivity index (χ1) is 5.79. The van der Waals surface area contributed by atoms with Crippen molar-refractivity contribution < 1.29 is 0 Å². The lowest BCUT2D eigenvalue weighted by atomic mass is 9.91. The summed E-state index contributed by atoms with van der Waals surface area (Å²) in [6.07, 6.45) is 3.58. The van der Waals surface area contributed by atoms with Crippen LogP contribution in [0.25, 0.3) is 10.8 Å². The molecule has 0 saturated heterocycles. The van der Waals surface area contributed by atoms with E-state index in [4.69, 9.17) is 11.6 Å². The van der Waals surface area contributed by atoms with Gasteiger partial charge in [0.15, 0.2) is 0 Å². The molecule has 0 unspecified atom stereocenters. The molecule has 1 heterocycles. The van der Waals surface area contributed by atoms with Gasteiger partial charge in [-0.1, -0.05) is 23.1 Å². The highest BCUT2D eigenvalue weighted by Gasteiger charge is 1.99. The molecular weight excluding hydrogens is 168 g/mol. The zero-order chi connectivity index (χ0) is 8.55. The molecule has 3 heteroatoms. The summed E-state index contributed by atoms with van der Waals surface area (Å²) in [6, 6.07) is 5.90. The van der Waals surface area contributed by atoms with Crippen LogP contribution in [0.1, 0.15) is 0 Å². The van der Waals surface area contributed by atoms with Crippen molar-refractivity contribution in [2.45, 2.75) is 0 Å². The van der Waals surface area contributed by atoms with Crippen LogP contribution < -0.4 is 5.46 Å². The molecular formula is C9H7BClN. The van der Waals surface area contributed by atoms with Gasteiger partial charge in [0.25, 0.3) is 0 Å². The van der Waals surface area contributed by atoms with Gasteiger partial charge in [-0.25, -0.2) is 0 Å². The molecule has 0 atom stereocenters. The molecule has 1 aromatic carbocycles. The van der Waals surface area contributed by atoms with Gasteiger partial charge >= 0.3 is 0 Å². The lowest BCUT2D eigenvalue weighted by Crippen LogP contribution is -2.02. The number of pyridine rings is 1.